The molecule has 0 saturated heterocycles. The van der Waals surface area contributed by atoms with E-state index in [9.17, 15) is 19.3 Å². The van der Waals surface area contributed by atoms with Gasteiger partial charge in [0, 0.05) is 12.1 Å². The first-order chi connectivity index (χ1) is 9.97. The number of nitro benzene ring substituents is 1. The average Bonchev–Trinajstić information content (AvgIpc) is 2.45. The molecule has 2 aromatic carbocycles. The Bertz CT molecular complexity index is 705. The lowest BCUT2D eigenvalue weighted by molar-refractivity contribution is -0.384. The molecule has 2 rings (SSSR count). The molecule has 0 aliphatic rings. The van der Waals surface area contributed by atoms with E-state index in [1.807, 2.05) is 0 Å². The van der Waals surface area contributed by atoms with Crippen LogP contribution in [0.4, 0.5) is 10.1 Å². The van der Waals surface area contributed by atoms with Gasteiger partial charge in [-0.25, -0.2) is 9.18 Å². The van der Waals surface area contributed by atoms with E-state index in [0.717, 1.165) is 12.1 Å². The summed E-state index contributed by atoms with van der Waals surface area (Å²) in [6.45, 7) is -0.145. The third-order valence-corrected chi connectivity index (χ3v) is 2.96. The Labute approximate surface area is 124 Å². The second-order valence-corrected chi connectivity index (χ2v) is 4.53. The molecule has 0 heterocycles. The van der Waals surface area contributed by atoms with E-state index < -0.39 is 16.7 Å². The minimum atomic E-state index is -0.730. The van der Waals surface area contributed by atoms with Crippen molar-refractivity contribution in [1.29, 1.82) is 0 Å². The normalized spacial score (nSPS) is 10.2. The number of rotatable bonds is 4. The Morgan fingerprint density at radius 3 is 2.71 bits per heavy atom. The first-order valence-electron chi connectivity index (χ1n) is 5.83. The van der Waals surface area contributed by atoms with Crippen molar-refractivity contribution in [2.24, 2.45) is 0 Å². The molecule has 0 spiro atoms. The smallest absolute Gasteiger partial charge is 0.339 e. The van der Waals surface area contributed by atoms with Gasteiger partial charge in [-0.2, -0.15) is 0 Å². The summed E-state index contributed by atoms with van der Waals surface area (Å²) in [5.41, 5.74) is 0.405. The van der Waals surface area contributed by atoms with Crippen LogP contribution in [0, 0.1) is 15.9 Å². The molecule has 0 aliphatic carbocycles. The second-order valence-electron chi connectivity index (χ2n) is 4.13. The zero-order valence-corrected chi connectivity index (χ0v) is 11.3. The van der Waals surface area contributed by atoms with E-state index in [0.29, 0.717) is 5.56 Å². The number of esters is 1. The molecule has 0 aromatic heterocycles. The summed E-state index contributed by atoms with van der Waals surface area (Å²) in [6.07, 6.45) is 0. The number of carbonyl (C=O) groups excluding carboxylic acids is 1. The quantitative estimate of drug-likeness (QED) is 0.490. The van der Waals surface area contributed by atoms with Gasteiger partial charge in [-0.05, 0) is 23.8 Å². The minimum Gasteiger partial charge on any atom is -0.457 e. The average molecular weight is 310 g/mol. The SMILES string of the molecule is O=C(OCc1cccc([N+](=O)[O-])c1)c1ccc(F)cc1Cl. The van der Waals surface area contributed by atoms with Crippen LogP contribution in [-0.2, 0) is 11.3 Å². The van der Waals surface area contributed by atoms with Gasteiger partial charge in [-0.3, -0.25) is 10.1 Å². The lowest BCUT2D eigenvalue weighted by atomic mass is 10.2. The van der Waals surface area contributed by atoms with Crippen molar-refractivity contribution in [3.63, 3.8) is 0 Å². The van der Waals surface area contributed by atoms with Gasteiger partial charge < -0.3 is 4.74 Å². The van der Waals surface area contributed by atoms with Crippen molar-refractivity contribution in [3.8, 4) is 0 Å². The highest BCUT2D eigenvalue weighted by Crippen LogP contribution is 2.19. The Kier molecular flexibility index (Phi) is 4.49. The number of non-ortho nitro benzene ring substituents is 1. The van der Waals surface area contributed by atoms with Crippen molar-refractivity contribution >= 4 is 23.3 Å². The van der Waals surface area contributed by atoms with Gasteiger partial charge in [0.2, 0.25) is 0 Å². The molecular formula is C14H9ClFNO4. The molecule has 0 bridgehead atoms. The van der Waals surface area contributed by atoms with E-state index >= 15 is 0 Å². The first-order valence-corrected chi connectivity index (χ1v) is 6.20. The van der Waals surface area contributed by atoms with Crippen LogP contribution < -0.4 is 0 Å². The highest BCUT2D eigenvalue weighted by molar-refractivity contribution is 6.33. The molecule has 0 aliphatic heterocycles. The van der Waals surface area contributed by atoms with Crippen molar-refractivity contribution < 1.29 is 18.8 Å². The van der Waals surface area contributed by atoms with Gasteiger partial charge in [0.1, 0.15) is 12.4 Å². The predicted octanol–water partition coefficient (Wildman–Crippen LogP) is 3.74. The van der Waals surface area contributed by atoms with Gasteiger partial charge >= 0.3 is 5.97 Å². The fraction of sp³-hybridized carbons (Fsp3) is 0.0714. The topological polar surface area (TPSA) is 69.4 Å². The number of ether oxygens (including phenoxy) is 1. The third kappa shape index (κ3) is 3.76. The van der Waals surface area contributed by atoms with Crippen LogP contribution in [0.25, 0.3) is 0 Å². The fourth-order valence-corrected chi connectivity index (χ4v) is 1.89. The highest BCUT2D eigenvalue weighted by atomic mass is 35.5. The Balaban J connectivity index is 2.07. The lowest BCUT2D eigenvalue weighted by Crippen LogP contribution is -2.06. The van der Waals surface area contributed by atoms with E-state index in [1.165, 1.54) is 24.3 Å². The van der Waals surface area contributed by atoms with Gasteiger partial charge in [0.25, 0.3) is 5.69 Å². The summed E-state index contributed by atoms with van der Waals surface area (Å²) in [5.74, 6) is -1.29. The first kappa shape index (κ1) is 14.9. The second kappa shape index (κ2) is 6.32. The number of nitrogens with zero attached hydrogens (tertiary/aromatic N) is 1. The van der Waals surface area contributed by atoms with Crippen LogP contribution in [0.2, 0.25) is 5.02 Å². The summed E-state index contributed by atoms with van der Waals surface area (Å²) in [6, 6.07) is 9.04. The minimum absolute atomic E-state index is 0.0310. The number of halogens is 2. The predicted molar refractivity (Wildman–Crippen MR) is 73.6 cm³/mol. The van der Waals surface area contributed by atoms with Crippen LogP contribution in [0.1, 0.15) is 15.9 Å². The zero-order valence-electron chi connectivity index (χ0n) is 10.6. The number of benzene rings is 2. The van der Waals surface area contributed by atoms with Crippen LogP contribution in [-0.4, -0.2) is 10.9 Å². The Hall–Kier alpha value is -2.47. The number of hydrogen-bond acceptors (Lipinski definition) is 4. The largest absolute Gasteiger partial charge is 0.457 e. The third-order valence-electron chi connectivity index (χ3n) is 2.64. The summed E-state index contributed by atoms with van der Waals surface area (Å²) in [7, 11) is 0. The van der Waals surface area contributed by atoms with Crippen LogP contribution >= 0.6 is 11.6 Å². The van der Waals surface area contributed by atoms with Crippen molar-refractivity contribution in [2.45, 2.75) is 6.61 Å². The molecule has 5 nitrogen and oxygen atoms in total. The summed E-state index contributed by atoms with van der Waals surface area (Å²) < 4.78 is 17.9. The molecule has 7 heteroatoms. The molecular weight excluding hydrogens is 301 g/mol. The van der Waals surface area contributed by atoms with Gasteiger partial charge in [-0.1, -0.05) is 23.7 Å². The van der Waals surface area contributed by atoms with Crippen molar-refractivity contribution in [2.75, 3.05) is 0 Å². The molecule has 0 radical (unpaired) electrons. The number of nitro groups is 1. The van der Waals surface area contributed by atoms with Gasteiger partial charge in [0.15, 0.2) is 0 Å². The van der Waals surface area contributed by atoms with Gasteiger partial charge in [-0.15, -0.1) is 0 Å². The standard InChI is InChI=1S/C14H9ClFNO4/c15-13-7-10(16)4-5-12(13)14(18)21-8-9-2-1-3-11(6-9)17(19)20/h1-7H,8H2. The summed E-state index contributed by atoms with van der Waals surface area (Å²) in [5, 5.41) is 10.6. The fourth-order valence-electron chi connectivity index (χ4n) is 1.64. The Morgan fingerprint density at radius 1 is 1.29 bits per heavy atom. The summed E-state index contributed by atoms with van der Waals surface area (Å²) >= 11 is 5.74. The Morgan fingerprint density at radius 2 is 2.05 bits per heavy atom. The molecule has 2 aromatic rings. The van der Waals surface area contributed by atoms with E-state index in [-0.39, 0.29) is 22.9 Å². The monoisotopic (exact) mass is 309 g/mol. The zero-order chi connectivity index (χ0) is 15.4. The van der Waals surface area contributed by atoms with E-state index in [4.69, 9.17) is 16.3 Å². The molecule has 0 atom stereocenters. The summed E-state index contributed by atoms with van der Waals surface area (Å²) in [4.78, 5) is 21.9. The maximum atomic E-state index is 12.9. The van der Waals surface area contributed by atoms with Crippen LogP contribution in [0.3, 0.4) is 0 Å². The van der Waals surface area contributed by atoms with Gasteiger partial charge in [0.05, 0.1) is 15.5 Å². The molecule has 21 heavy (non-hydrogen) atoms. The highest BCUT2D eigenvalue weighted by Gasteiger charge is 2.13. The number of carbonyl (C=O) groups is 1. The van der Waals surface area contributed by atoms with Crippen molar-refractivity contribution in [1.82, 2.24) is 0 Å². The lowest BCUT2D eigenvalue weighted by Gasteiger charge is -2.06. The molecule has 0 unspecified atom stereocenters. The molecule has 0 saturated carbocycles. The maximum Gasteiger partial charge on any atom is 0.339 e. The molecule has 0 amide bonds. The van der Waals surface area contributed by atoms with Crippen LogP contribution in [0.5, 0.6) is 0 Å². The molecule has 0 N–H and O–H groups in total. The van der Waals surface area contributed by atoms with Crippen LogP contribution in [0.15, 0.2) is 42.5 Å². The van der Waals surface area contributed by atoms with E-state index in [1.54, 1.807) is 6.07 Å². The van der Waals surface area contributed by atoms with Crippen molar-refractivity contribution in [3.05, 3.63) is 74.5 Å². The number of hydrogen-bond donors (Lipinski definition) is 0. The van der Waals surface area contributed by atoms with E-state index in [2.05, 4.69) is 0 Å². The maximum absolute atomic E-state index is 12.9. The molecule has 0 fully saturated rings. The molecule has 108 valence electrons.